The Morgan fingerprint density at radius 1 is 1.20 bits per heavy atom. The third-order valence-corrected chi connectivity index (χ3v) is 3.83. The fourth-order valence-electron chi connectivity index (χ4n) is 2.63. The normalized spacial score (nSPS) is 17.0. The fraction of sp³-hybridized carbons (Fsp3) is 0.444. The zero-order valence-corrected chi connectivity index (χ0v) is 14.7. The first kappa shape index (κ1) is 17.1. The zero-order valence-electron chi connectivity index (χ0n) is 14.7. The lowest BCUT2D eigenvalue weighted by atomic mass is 10.2. The second kappa shape index (κ2) is 7.46. The second-order valence-corrected chi connectivity index (χ2v) is 6.34. The summed E-state index contributed by atoms with van der Waals surface area (Å²) in [7, 11) is 0. The van der Waals surface area contributed by atoms with Crippen LogP contribution in [0.2, 0.25) is 0 Å². The monoisotopic (exact) mass is 342 g/mol. The standard InChI is InChI=1S/C18H22N4O3/c1-12(2)24-16-7-5-14(10-19-16)18(23)22-9-8-15(11-22)25-17-6-4-13(3)20-21-17/h4-7,10,12,15H,8-9,11H2,1-3H3. The third kappa shape index (κ3) is 4.43. The molecule has 25 heavy (non-hydrogen) atoms. The average Bonchev–Trinajstić information content (AvgIpc) is 3.05. The van der Waals surface area contributed by atoms with Gasteiger partial charge in [0.15, 0.2) is 0 Å². The molecule has 7 nitrogen and oxygen atoms in total. The van der Waals surface area contributed by atoms with Crippen LogP contribution in [-0.4, -0.2) is 51.3 Å². The molecule has 0 radical (unpaired) electrons. The summed E-state index contributed by atoms with van der Waals surface area (Å²) < 4.78 is 11.3. The van der Waals surface area contributed by atoms with E-state index in [-0.39, 0.29) is 18.1 Å². The summed E-state index contributed by atoms with van der Waals surface area (Å²) in [6, 6.07) is 7.11. The Morgan fingerprint density at radius 2 is 2.00 bits per heavy atom. The highest BCUT2D eigenvalue weighted by atomic mass is 16.5. The summed E-state index contributed by atoms with van der Waals surface area (Å²) >= 11 is 0. The Labute approximate surface area is 147 Å². The van der Waals surface area contributed by atoms with Crippen LogP contribution in [0, 0.1) is 6.92 Å². The van der Waals surface area contributed by atoms with Gasteiger partial charge in [-0.05, 0) is 32.9 Å². The number of hydrogen-bond donors (Lipinski definition) is 0. The van der Waals surface area contributed by atoms with Crippen LogP contribution >= 0.6 is 0 Å². The van der Waals surface area contributed by atoms with Gasteiger partial charge in [-0.25, -0.2) is 4.98 Å². The van der Waals surface area contributed by atoms with E-state index in [4.69, 9.17) is 9.47 Å². The van der Waals surface area contributed by atoms with Gasteiger partial charge >= 0.3 is 0 Å². The van der Waals surface area contributed by atoms with Crippen molar-refractivity contribution < 1.29 is 14.3 Å². The van der Waals surface area contributed by atoms with Gasteiger partial charge in [0.2, 0.25) is 11.8 Å². The molecule has 1 unspecified atom stereocenters. The van der Waals surface area contributed by atoms with Gasteiger partial charge in [0.1, 0.15) is 6.10 Å². The molecular formula is C18H22N4O3. The highest BCUT2D eigenvalue weighted by molar-refractivity contribution is 5.94. The van der Waals surface area contributed by atoms with Crippen LogP contribution in [0.25, 0.3) is 0 Å². The van der Waals surface area contributed by atoms with Crippen molar-refractivity contribution in [2.75, 3.05) is 13.1 Å². The molecule has 0 aliphatic carbocycles. The molecule has 1 atom stereocenters. The number of pyridine rings is 1. The molecule has 1 amide bonds. The molecule has 0 spiro atoms. The second-order valence-electron chi connectivity index (χ2n) is 6.34. The number of rotatable bonds is 5. The minimum atomic E-state index is -0.0718. The minimum Gasteiger partial charge on any atom is -0.475 e. The lowest BCUT2D eigenvalue weighted by Gasteiger charge is -2.17. The highest BCUT2D eigenvalue weighted by Gasteiger charge is 2.28. The lowest BCUT2D eigenvalue weighted by molar-refractivity contribution is 0.0770. The van der Waals surface area contributed by atoms with Gasteiger partial charge in [-0.3, -0.25) is 4.79 Å². The van der Waals surface area contributed by atoms with Gasteiger partial charge in [-0.2, -0.15) is 5.10 Å². The molecule has 0 N–H and O–H groups in total. The summed E-state index contributed by atoms with van der Waals surface area (Å²) in [6.45, 7) is 6.91. The predicted octanol–water partition coefficient (Wildman–Crippen LogP) is 2.26. The van der Waals surface area contributed by atoms with Crippen molar-refractivity contribution in [1.82, 2.24) is 20.1 Å². The largest absolute Gasteiger partial charge is 0.475 e. The summed E-state index contributed by atoms with van der Waals surface area (Å²) in [5.74, 6) is 0.957. The van der Waals surface area contributed by atoms with Crippen LogP contribution in [0.1, 0.15) is 36.3 Å². The van der Waals surface area contributed by atoms with E-state index in [1.54, 1.807) is 29.3 Å². The Balaban J connectivity index is 1.57. The molecule has 132 valence electrons. The van der Waals surface area contributed by atoms with Crippen LogP contribution < -0.4 is 9.47 Å². The van der Waals surface area contributed by atoms with Crippen LogP contribution in [0.4, 0.5) is 0 Å². The van der Waals surface area contributed by atoms with E-state index in [0.29, 0.717) is 30.4 Å². The number of nitrogens with zero attached hydrogens (tertiary/aromatic N) is 4. The minimum absolute atomic E-state index is 0.0512. The van der Waals surface area contributed by atoms with Crippen molar-refractivity contribution in [1.29, 1.82) is 0 Å². The molecule has 1 fully saturated rings. The molecule has 7 heteroatoms. The number of aryl methyl sites for hydroxylation is 1. The molecule has 1 saturated heterocycles. The van der Waals surface area contributed by atoms with Crippen molar-refractivity contribution in [3.05, 3.63) is 41.7 Å². The van der Waals surface area contributed by atoms with Crippen LogP contribution in [0.5, 0.6) is 11.8 Å². The van der Waals surface area contributed by atoms with Crippen molar-refractivity contribution in [2.24, 2.45) is 0 Å². The van der Waals surface area contributed by atoms with Crippen molar-refractivity contribution in [3.8, 4) is 11.8 Å². The maximum absolute atomic E-state index is 12.6. The van der Waals surface area contributed by atoms with Crippen molar-refractivity contribution >= 4 is 5.91 Å². The quantitative estimate of drug-likeness (QED) is 0.829. The van der Waals surface area contributed by atoms with Crippen molar-refractivity contribution in [3.63, 3.8) is 0 Å². The fourth-order valence-corrected chi connectivity index (χ4v) is 2.63. The lowest BCUT2D eigenvalue weighted by Crippen LogP contribution is -2.31. The molecule has 0 saturated carbocycles. The molecule has 0 bridgehead atoms. The van der Waals surface area contributed by atoms with Gasteiger partial charge in [0, 0.05) is 31.3 Å². The smallest absolute Gasteiger partial charge is 0.255 e. The van der Waals surface area contributed by atoms with Gasteiger partial charge in [0.25, 0.3) is 5.91 Å². The Morgan fingerprint density at radius 3 is 2.64 bits per heavy atom. The molecular weight excluding hydrogens is 320 g/mol. The van der Waals surface area contributed by atoms with Gasteiger partial charge in [0.05, 0.1) is 23.9 Å². The van der Waals surface area contributed by atoms with E-state index in [9.17, 15) is 4.79 Å². The Kier molecular flexibility index (Phi) is 5.11. The summed E-state index contributed by atoms with van der Waals surface area (Å²) in [5, 5.41) is 7.98. The van der Waals surface area contributed by atoms with E-state index in [1.807, 2.05) is 26.8 Å². The number of likely N-dealkylation sites (tertiary alicyclic amines) is 1. The predicted molar refractivity (Wildman–Crippen MR) is 91.7 cm³/mol. The van der Waals surface area contributed by atoms with E-state index < -0.39 is 0 Å². The molecule has 2 aromatic heterocycles. The molecule has 1 aliphatic rings. The zero-order chi connectivity index (χ0) is 17.8. The highest BCUT2D eigenvalue weighted by Crippen LogP contribution is 2.19. The molecule has 3 rings (SSSR count). The van der Waals surface area contributed by atoms with Crippen LogP contribution in [-0.2, 0) is 0 Å². The molecule has 3 heterocycles. The Hall–Kier alpha value is -2.70. The maximum Gasteiger partial charge on any atom is 0.255 e. The number of hydrogen-bond acceptors (Lipinski definition) is 6. The Bertz CT molecular complexity index is 716. The first-order chi connectivity index (χ1) is 12.0. The van der Waals surface area contributed by atoms with Crippen LogP contribution in [0.3, 0.4) is 0 Å². The third-order valence-electron chi connectivity index (χ3n) is 3.83. The average molecular weight is 342 g/mol. The summed E-state index contributed by atoms with van der Waals surface area (Å²) in [4.78, 5) is 18.5. The van der Waals surface area contributed by atoms with Gasteiger partial charge in [-0.1, -0.05) is 0 Å². The molecule has 1 aliphatic heterocycles. The van der Waals surface area contributed by atoms with Gasteiger partial charge < -0.3 is 14.4 Å². The van der Waals surface area contributed by atoms with E-state index in [2.05, 4.69) is 15.2 Å². The molecule has 2 aromatic rings. The first-order valence-electron chi connectivity index (χ1n) is 8.40. The first-order valence-corrected chi connectivity index (χ1v) is 8.40. The molecule has 0 aromatic carbocycles. The number of carbonyl (C=O) groups is 1. The number of amides is 1. The van der Waals surface area contributed by atoms with Gasteiger partial charge in [-0.15, -0.1) is 5.10 Å². The summed E-state index contributed by atoms with van der Waals surface area (Å²) in [6.07, 6.45) is 2.30. The van der Waals surface area contributed by atoms with E-state index >= 15 is 0 Å². The number of carbonyl (C=O) groups excluding carboxylic acids is 1. The SMILES string of the molecule is Cc1ccc(OC2CCN(C(=O)c3ccc(OC(C)C)nc3)C2)nn1. The summed E-state index contributed by atoms with van der Waals surface area (Å²) in [5.41, 5.74) is 1.39. The topological polar surface area (TPSA) is 77.4 Å². The number of ether oxygens (including phenoxy) is 2. The van der Waals surface area contributed by atoms with Crippen LogP contribution in [0.15, 0.2) is 30.5 Å². The number of aromatic nitrogens is 3. The van der Waals surface area contributed by atoms with E-state index in [0.717, 1.165) is 12.1 Å². The van der Waals surface area contributed by atoms with E-state index in [1.165, 1.54) is 0 Å². The van der Waals surface area contributed by atoms with Crippen molar-refractivity contribution in [2.45, 2.75) is 39.4 Å². The maximum atomic E-state index is 12.6.